The number of pyridine rings is 1. The normalized spacial score (nSPS) is 18.5. The van der Waals surface area contributed by atoms with Crippen LogP contribution < -0.4 is 15.2 Å². The molecule has 1 amide bonds. The number of aromatic hydroxyl groups is 1. The molecule has 1 fully saturated rings. The molecule has 3 aromatic rings. The van der Waals surface area contributed by atoms with Crippen LogP contribution in [0, 0.1) is 5.92 Å². The maximum Gasteiger partial charge on any atom is 0.344 e. The zero-order valence-electron chi connectivity index (χ0n) is 19.3. The molecule has 0 aliphatic carbocycles. The van der Waals surface area contributed by atoms with E-state index in [0.29, 0.717) is 48.0 Å². The number of phenolic OH excluding ortho intramolecular Hbond substituents is 1. The van der Waals surface area contributed by atoms with E-state index < -0.39 is 10.2 Å². The molecule has 0 radical (unpaired) electrons. The van der Waals surface area contributed by atoms with E-state index in [1.807, 2.05) is 11.0 Å². The number of nitrogens with two attached hydrogens (primary N) is 1. The molecule has 10 nitrogen and oxygen atoms in total. The number of benzene rings is 2. The third kappa shape index (κ3) is 4.96. The van der Waals surface area contributed by atoms with Gasteiger partial charge >= 0.3 is 10.2 Å². The molecule has 1 aromatic heterocycles. The third-order valence-electron chi connectivity index (χ3n) is 6.17. The Bertz CT molecular complexity index is 1460. The predicted octanol–water partition coefficient (Wildman–Crippen LogP) is 2.76. The smallest absolute Gasteiger partial charge is 0.344 e. The lowest BCUT2D eigenvalue weighted by Crippen LogP contribution is -2.41. The lowest BCUT2D eigenvalue weighted by molar-refractivity contribution is 0.0633. The lowest BCUT2D eigenvalue weighted by atomic mass is 9.98. The Morgan fingerprint density at radius 3 is 2.86 bits per heavy atom. The number of nitrogens with zero attached hydrogens (tertiary/aromatic N) is 3. The van der Waals surface area contributed by atoms with Crippen molar-refractivity contribution in [3.63, 3.8) is 0 Å². The van der Waals surface area contributed by atoms with E-state index >= 15 is 0 Å². The highest BCUT2D eigenvalue weighted by Gasteiger charge is 2.27. The number of hydrogen-bond donors (Lipinski definition) is 3. The van der Waals surface area contributed by atoms with Crippen molar-refractivity contribution in [1.82, 2.24) is 9.88 Å². The molecular formula is C25H25N5O5S. The SMILES string of the molecule is NC1=NS(=O)(=O)Nc2cccc(OC[C@H]3CCCN(C(=O)c4ccnc(-c5cccc(O)c5)c4)C3)c21. The molecule has 3 heterocycles. The summed E-state index contributed by atoms with van der Waals surface area (Å²) in [5, 5.41) is 9.76. The van der Waals surface area contributed by atoms with Crippen molar-refractivity contribution in [1.29, 1.82) is 0 Å². The number of hydrogen-bond acceptors (Lipinski definition) is 7. The van der Waals surface area contributed by atoms with Crippen LogP contribution in [0.3, 0.4) is 0 Å². The second-order valence-corrected chi connectivity index (χ2v) is 10.1. The van der Waals surface area contributed by atoms with Gasteiger partial charge in [0.05, 0.1) is 23.6 Å². The van der Waals surface area contributed by atoms with Gasteiger partial charge < -0.3 is 20.5 Å². The molecule has 4 N–H and O–H groups in total. The van der Waals surface area contributed by atoms with Crippen molar-refractivity contribution in [2.75, 3.05) is 24.4 Å². The van der Waals surface area contributed by atoms with Crippen LogP contribution in [0.25, 0.3) is 11.3 Å². The number of aromatic nitrogens is 1. The highest BCUT2D eigenvalue weighted by molar-refractivity contribution is 7.91. The summed E-state index contributed by atoms with van der Waals surface area (Å²) in [6, 6.07) is 15.2. The summed E-state index contributed by atoms with van der Waals surface area (Å²) in [7, 11) is -3.87. The number of nitrogens with one attached hydrogen (secondary N) is 1. The van der Waals surface area contributed by atoms with Crippen LogP contribution in [0.2, 0.25) is 0 Å². The number of likely N-dealkylation sites (tertiary alicyclic amines) is 1. The number of amidine groups is 1. The molecule has 0 saturated carbocycles. The fourth-order valence-corrected chi connectivity index (χ4v) is 5.34. The summed E-state index contributed by atoms with van der Waals surface area (Å²) >= 11 is 0. The highest BCUT2D eigenvalue weighted by Crippen LogP contribution is 2.31. The monoisotopic (exact) mass is 507 g/mol. The Kier molecular flexibility index (Phi) is 6.23. The summed E-state index contributed by atoms with van der Waals surface area (Å²) in [4.78, 5) is 19.4. The number of rotatable bonds is 5. The fraction of sp³-hybridized carbons (Fsp3) is 0.240. The predicted molar refractivity (Wildman–Crippen MR) is 135 cm³/mol. The first-order valence-electron chi connectivity index (χ1n) is 11.5. The van der Waals surface area contributed by atoms with E-state index in [2.05, 4.69) is 14.1 Å². The zero-order valence-corrected chi connectivity index (χ0v) is 20.1. The van der Waals surface area contributed by atoms with Gasteiger partial charge in [-0.1, -0.05) is 18.2 Å². The Morgan fingerprint density at radius 2 is 2.03 bits per heavy atom. The van der Waals surface area contributed by atoms with Crippen molar-refractivity contribution < 1.29 is 23.1 Å². The van der Waals surface area contributed by atoms with Gasteiger partial charge in [-0.05, 0) is 49.2 Å². The van der Waals surface area contributed by atoms with Gasteiger partial charge in [-0.3, -0.25) is 14.5 Å². The molecule has 1 saturated heterocycles. The van der Waals surface area contributed by atoms with Gasteiger partial charge in [0.1, 0.15) is 11.5 Å². The van der Waals surface area contributed by atoms with E-state index in [0.717, 1.165) is 18.4 Å². The molecular weight excluding hydrogens is 482 g/mol. The van der Waals surface area contributed by atoms with Crippen molar-refractivity contribution >= 4 is 27.6 Å². The Labute approximate surface area is 208 Å². The molecule has 0 spiro atoms. The van der Waals surface area contributed by atoms with Gasteiger partial charge in [0, 0.05) is 36.3 Å². The fourth-order valence-electron chi connectivity index (χ4n) is 4.50. The number of carbonyl (C=O) groups is 1. The van der Waals surface area contributed by atoms with Gasteiger partial charge in [0.2, 0.25) is 0 Å². The molecule has 36 heavy (non-hydrogen) atoms. The zero-order chi connectivity index (χ0) is 25.3. The molecule has 0 unspecified atom stereocenters. The minimum absolute atomic E-state index is 0.0874. The summed E-state index contributed by atoms with van der Waals surface area (Å²) < 4.78 is 35.5. The molecule has 2 aliphatic heterocycles. The number of ether oxygens (including phenoxy) is 1. The van der Waals surface area contributed by atoms with Crippen LogP contribution in [0.4, 0.5) is 5.69 Å². The minimum atomic E-state index is -3.87. The van der Waals surface area contributed by atoms with E-state index in [1.54, 1.807) is 54.7 Å². The standard InChI is InChI=1S/C25H25N5O5S/c26-24-23-20(28-36(33,34)29-24)7-2-8-22(23)35-15-16-4-3-11-30(14-16)25(32)18-9-10-27-21(13-18)17-5-1-6-19(31)12-17/h1-2,5-10,12-13,16,28,31H,3-4,11,14-15H2,(H2,26,29)/t16-/m0/s1. The van der Waals surface area contributed by atoms with Gasteiger partial charge in [-0.15, -0.1) is 4.40 Å². The van der Waals surface area contributed by atoms with Crippen molar-refractivity contribution in [3.05, 3.63) is 71.9 Å². The average molecular weight is 508 g/mol. The number of phenols is 1. The quantitative estimate of drug-likeness (QED) is 0.481. The third-order valence-corrected chi connectivity index (χ3v) is 7.08. The van der Waals surface area contributed by atoms with Crippen LogP contribution in [0.15, 0.2) is 65.2 Å². The number of amides is 1. The molecule has 2 aromatic carbocycles. The van der Waals surface area contributed by atoms with E-state index in [4.69, 9.17) is 10.5 Å². The van der Waals surface area contributed by atoms with Crippen LogP contribution in [0.5, 0.6) is 11.5 Å². The Morgan fingerprint density at radius 1 is 1.19 bits per heavy atom. The summed E-state index contributed by atoms with van der Waals surface area (Å²) in [6.45, 7) is 1.50. The second-order valence-electron chi connectivity index (χ2n) is 8.78. The summed E-state index contributed by atoms with van der Waals surface area (Å²) in [5.41, 5.74) is 8.49. The van der Waals surface area contributed by atoms with Gasteiger partial charge in [0.15, 0.2) is 5.84 Å². The number of anilines is 1. The molecule has 186 valence electrons. The maximum absolute atomic E-state index is 13.3. The second kappa shape index (κ2) is 9.50. The molecule has 11 heteroatoms. The van der Waals surface area contributed by atoms with E-state index in [1.165, 1.54) is 0 Å². The van der Waals surface area contributed by atoms with Crippen molar-refractivity contribution in [2.45, 2.75) is 12.8 Å². The van der Waals surface area contributed by atoms with E-state index in [-0.39, 0.29) is 23.4 Å². The molecule has 0 bridgehead atoms. The first kappa shape index (κ1) is 23.6. The number of piperidine rings is 1. The molecule has 5 rings (SSSR count). The van der Waals surface area contributed by atoms with Crippen LogP contribution in [-0.4, -0.2) is 54.8 Å². The van der Waals surface area contributed by atoms with Crippen molar-refractivity contribution in [2.24, 2.45) is 16.0 Å². The first-order valence-corrected chi connectivity index (χ1v) is 12.9. The summed E-state index contributed by atoms with van der Waals surface area (Å²) in [5.74, 6) is 0.440. The Balaban J connectivity index is 1.27. The maximum atomic E-state index is 13.3. The van der Waals surface area contributed by atoms with Crippen LogP contribution in [-0.2, 0) is 10.2 Å². The Hall–Kier alpha value is -4.12. The minimum Gasteiger partial charge on any atom is -0.508 e. The van der Waals surface area contributed by atoms with Gasteiger partial charge in [0.25, 0.3) is 5.91 Å². The van der Waals surface area contributed by atoms with Crippen molar-refractivity contribution in [3.8, 4) is 22.8 Å². The largest absolute Gasteiger partial charge is 0.508 e. The highest BCUT2D eigenvalue weighted by atomic mass is 32.2. The van der Waals surface area contributed by atoms with Gasteiger partial charge in [-0.25, -0.2) is 0 Å². The summed E-state index contributed by atoms with van der Waals surface area (Å²) in [6.07, 6.45) is 3.32. The number of fused-ring (bicyclic) bond motifs is 1. The van der Waals surface area contributed by atoms with Crippen LogP contribution >= 0.6 is 0 Å². The molecule has 1 atom stereocenters. The average Bonchev–Trinajstić information content (AvgIpc) is 2.86. The molecule has 2 aliphatic rings. The van der Waals surface area contributed by atoms with Crippen LogP contribution in [0.1, 0.15) is 28.8 Å². The van der Waals surface area contributed by atoms with Gasteiger partial charge in [-0.2, -0.15) is 8.42 Å². The van der Waals surface area contributed by atoms with E-state index in [9.17, 15) is 18.3 Å². The lowest BCUT2D eigenvalue weighted by Gasteiger charge is -2.33. The topological polar surface area (TPSA) is 147 Å². The number of carbonyl (C=O) groups excluding carboxylic acids is 1. The first-order chi connectivity index (χ1) is 17.3.